The Hall–Kier alpha value is -1.43. The molecule has 112 valence electrons. The van der Waals surface area contributed by atoms with Crippen molar-refractivity contribution in [3.05, 3.63) is 63.4 Å². The average Bonchev–Trinajstić information content (AvgIpc) is 2.44. The third-order valence-corrected chi connectivity index (χ3v) is 3.86. The van der Waals surface area contributed by atoms with E-state index in [2.05, 4.69) is 21.4 Å². The van der Waals surface area contributed by atoms with E-state index in [1.165, 1.54) is 12.1 Å². The zero-order chi connectivity index (χ0) is 15.4. The summed E-state index contributed by atoms with van der Waals surface area (Å²) < 4.78 is 19.5. The number of hydrogen-bond acceptors (Lipinski definition) is 3. The Bertz CT molecular complexity index is 613. The number of rotatable bonds is 5. The molecule has 0 saturated carbocycles. The van der Waals surface area contributed by atoms with Crippen LogP contribution in [0.15, 0.2) is 40.9 Å². The molecule has 2 aromatic rings. The van der Waals surface area contributed by atoms with Gasteiger partial charge in [0, 0.05) is 4.47 Å². The fourth-order valence-corrected chi connectivity index (χ4v) is 2.80. The van der Waals surface area contributed by atoms with E-state index in [-0.39, 0.29) is 11.9 Å². The molecule has 3 nitrogen and oxygen atoms in total. The van der Waals surface area contributed by atoms with Crippen LogP contribution in [-0.2, 0) is 6.42 Å². The van der Waals surface area contributed by atoms with Crippen molar-refractivity contribution in [2.24, 2.45) is 5.84 Å². The Labute approximate surface area is 132 Å². The van der Waals surface area contributed by atoms with Crippen LogP contribution < -0.4 is 16.0 Å². The molecule has 5 heteroatoms. The van der Waals surface area contributed by atoms with Gasteiger partial charge in [0.25, 0.3) is 0 Å². The predicted molar refractivity (Wildman–Crippen MR) is 85.6 cm³/mol. The maximum Gasteiger partial charge on any atom is 0.124 e. The van der Waals surface area contributed by atoms with E-state index in [9.17, 15) is 4.39 Å². The minimum Gasteiger partial charge on any atom is -0.496 e. The minimum atomic E-state index is -0.267. The number of methoxy groups -OCH3 is 1. The van der Waals surface area contributed by atoms with Crippen LogP contribution in [-0.4, -0.2) is 7.11 Å². The van der Waals surface area contributed by atoms with Crippen molar-refractivity contribution in [1.29, 1.82) is 0 Å². The molecule has 3 N–H and O–H groups in total. The smallest absolute Gasteiger partial charge is 0.124 e. The molecule has 0 radical (unpaired) electrons. The lowest BCUT2D eigenvalue weighted by Gasteiger charge is -2.18. The van der Waals surface area contributed by atoms with Gasteiger partial charge in [0.15, 0.2) is 0 Å². The fraction of sp³-hybridized carbons (Fsp3) is 0.250. The van der Waals surface area contributed by atoms with Crippen LogP contribution in [0.1, 0.15) is 22.7 Å². The van der Waals surface area contributed by atoms with Gasteiger partial charge in [-0.2, -0.15) is 0 Å². The molecule has 0 spiro atoms. The van der Waals surface area contributed by atoms with Crippen LogP contribution in [0, 0.1) is 12.7 Å². The summed E-state index contributed by atoms with van der Waals surface area (Å²) in [6.07, 6.45) is 0.582. The van der Waals surface area contributed by atoms with Gasteiger partial charge in [-0.05, 0) is 54.3 Å². The van der Waals surface area contributed by atoms with Crippen molar-refractivity contribution < 1.29 is 9.13 Å². The van der Waals surface area contributed by atoms with E-state index in [0.717, 1.165) is 26.9 Å². The second kappa shape index (κ2) is 7.02. The summed E-state index contributed by atoms with van der Waals surface area (Å²) >= 11 is 3.30. The van der Waals surface area contributed by atoms with E-state index in [4.69, 9.17) is 10.6 Å². The highest BCUT2D eigenvalue weighted by molar-refractivity contribution is 9.10. The van der Waals surface area contributed by atoms with Crippen molar-refractivity contribution in [2.75, 3.05) is 7.11 Å². The molecule has 0 fully saturated rings. The van der Waals surface area contributed by atoms with Crippen LogP contribution >= 0.6 is 15.9 Å². The van der Waals surface area contributed by atoms with Crippen molar-refractivity contribution in [3.63, 3.8) is 0 Å². The van der Waals surface area contributed by atoms with Crippen LogP contribution in [0.5, 0.6) is 5.75 Å². The number of hydrazine groups is 1. The molecule has 0 aliphatic rings. The summed E-state index contributed by atoms with van der Waals surface area (Å²) in [6.45, 7) is 1.98. The first-order valence-electron chi connectivity index (χ1n) is 6.59. The van der Waals surface area contributed by atoms with Gasteiger partial charge < -0.3 is 4.74 Å². The molecule has 0 heterocycles. The summed E-state index contributed by atoms with van der Waals surface area (Å²) in [5.41, 5.74) is 5.71. The van der Waals surface area contributed by atoms with E-state index in [1.807, 2.05) is 31.2 Å². The van der Waals surface area contributed by atoms with Crippen molar-refractivity contribution in [1.82, 2.24) is 5.43 Å². The number of halogens is 2. The summed E-state index contributed by atoms with van der Waals surface area (Å²) in [4.78, 5) is 0. The van der Waals surface area contributed by atoms with Gasteiger partial charge in [0.1, 0.15) is 11.6 Å². The predicted octanol–water partition coefficient (Wildman–Crippen LogP) is 3.65. The largest absolute Gasteiger partial charge is 0.496 e. The first-order valence-corrected chi connectivity index (χ1v) is 7.38. The SMILES string of the molecule is COc1cc(C(Cc2cc(F)cc(Br)c2)NN)ccc1C. The maximum absolute atomic E-state index is 13.5. The highest BCUT2D eigenvalue weighted by Gasteiger charge is 2.13. The standard InChI is InChI=1S/C16H18BrFN2O/c1-10-3-4-12(8-16(10)21-2)15(20-19)7-11-5-13(17)9-14(18)6-11/h3-6,8-9,15,20H,7,19H2,1-2H3. The van der Waals surface area contributed by atoms with Gasteiger partial charge in [-0.3, -0.25) is 11.3 Å². The summed E-state index contributed by atoms with van der Waals surface area (Å²) in [5, 5.41) is 0. The normalized spacial score (nSPS) is 12.2. The van der Waals surface area contributed by atoms with Gasteiger partial charge in [-0.15, -0.1) is 0 Å². The molecule has 0 amide bonds. The number of aryl methyl sites for hydroxylation is 1. The molecule has 2 aromatic carbocycles. The number of hydrogen-bond donors (Lipinski definition) is 2. The average molecular weight is 353 g/mol. The van der Waals surface area contributed by atoms with Crippen molar-refractivity contribution in [3.8, 4) is 5.75 Å². The van der Waals surface area contributed by atoms with Crippen molar-refractivity contribution in [2.45, 2.75) is 19.4 Å². The van der Waals surface area contributed by atoms with Crippen LogP contribution in [0.4, 0.5) is 4.39 Å². The van der Waals surface area contributed by atoms with E-state index in [0.29, 0.717) is 6.42 Å². The second-order valence-corrected chi connectivity index (χ2v) is 5.85. The van der Waals surface area contributed by atoms with E-state index in [1.54, 1.807) is 7.11 Å². The summed E-state index contributed by atoms with van der Waals surface area (Å²) in [5.74, 6) is 6.21. The van der Waals surface area contributed by atoms with Crippen molar-refractivity contribution >= 4 is 15.9 Å². The van der Waals surface area contributed by atoms with E-state index < -0.39 is 0 Å². The maximum atomic E-state index is 13.5. The third-order valence-electron chi connectivity index (χ3n) is 3.40. The zero-order valence-corrected chi connectivity index (χ0v) is 13.6. The van der Waals surface area contributed by atoms with Gasteiger partial charge in [0.05, 0.1) is 13.2 Å². The molecule has 21 heavy (non-hydrogen) atoms. The van der Waals surface area contributed by atoms with Gasteiger partial charge in [-0.25, -0.2) is 4.39 Å². The number of nitrogens with one attached hydrogen (secondary N) is 1. The third kappa shape index (κ3) is 4.03. The number of nitrogens with two attached hydrogens (primary N) is 1. The Morgan fingerprint density at radius 2 is 2.05 bits per heavy atom. The molecule has 1 unspecified atom stereocenters. The Morgan fingerprint density at radius 3 is 2.67 bits per heavy atom. The van der Waals surface area contributed by atoms with Gasteiger partial charge in [0.2, 0.25) is 0 Å². The highest BCUT2D eigenvalue weighted by atomic mass is 79.9. The first kappa shape index (κ1) is 15.9. The molecule has 0 saturated heterocycles. The summed E-state index contributed by atoms with van der Waals surface area (Å²) in [7, 11) is 1.64. The highest BCUT2D eigenvalue weighted by Crippen LogP contribution is 2.26. The fourth-order valence-electron chi connectivity index (χ4n) is 2.29. The lowest BCUT2D eigenvalue weighted by atomic mass is 9.98. The van der Waals surface area contributed by atoms with Gasteiger partial charge >= 0.3 is 0 Å². The first-order chi connectivity index (χ1) is 10.0. The lowest BCUT2D eigenvalue weighted by Crippen LogP contribution is -2.29. The molecule has 0 aromatic heterocycles. The lowest BCUT2D eigenvalue weighted by molar-refractivity contribution is 0.410. The zero-order valence-electron chi connectivity index (χ0n) is 12.0. The quantitative estimate of drug-likeness (QED) is 0.637. The Morgan fingerprint density at radius 1 is 1.29 bits per heavy atom. The van der Waals surface area contributed by atoms with E-state index >= 15 is 0 Å². The Balaban J connectivity index is 2.27. The van der Waals surface area contributed by atoms with Crippen LogP contribution in [0.25, 0.3) is 0 Å². The second-order valence-electron chi connectivity index (χ2n) is 4.93. The molecular formula is C16H18BrFN2O. The van der Waals surface area contributed by atoms with Crippen LogP contribution in [0.2, 0.25) is 0 Å². The molecular weight excluding hydrogens is 335 g/mol. The molecule has 0 aliphatic carbocycles. The molecule has 0 bridgehead atoms. The molecule has 2 rings (SSSR count). The Kier molecular flexibility index (Phi) is 5.33. The topological polar surface area (TPSA) is 47.3 Å². The molecule has 0 aliphatic heterocycles. The number of benzene rings is 2. The monoisotopic (exact) mass is 352 g/mol. The summed E-state index contributed by atoms with van der Waals surface area (Å²) in [6, 6.07) is 10.7. The number of ether oxygens (including phenoxy) is 1. The van der Waals surface area contributed by atoms with Gasteiger partial charge in [-0.1, -0.05) is 28.1 Å². The minimum absolute atomic E-state index is 0.117. The molecule has 1 atom stereocenters. The van der Waals surface area contributed by atoms with Crippen LogP contribution in [0.3, 0.4) is 0 Å².